The fraction of sp³-hybridized carbons (Fsp3) is 0.278. The molecule has 1 heterocycles. The molecule has 2 aromatic rings. The highest BCUT2D eigenvalue weighted by Gasteiger charge is 2.28. The second-order valence-corrected chi connectivity index (χ2v) is 9.23. The van der Waals surface area contributed by atoms with Crippen molar-refractivity contribution >= 4 is 56.4 Å². The molecule has 7 nitrogen and oxygen atoms in total. The molecule has 156 valence electrons. The van der Waals surface area contributed by atoms with Crippen LogP contribution in [0.4, 0.5) is 5.69 Å². The monoisotopic (exact) mass is 478 g/mol. The van der Waals surface area contributed by atoms with Crippen LogP contribution >= 0.6 is 34.8 Å². The Morgan fingerprint density at radius 1 is 1.07 bits per heavy atom. The van der Waals surface area contributed by atoms with Gasteiger partial charge in [0.2, 0.25) is 10.0 Å². The number of anilines is 1. The molecule has 1 amide bonds. The first kappa shape index (κ1) is 22.1. The second kappa shape index (κ2) is 9.51. The zero-order chi connectivity index (χ0) is 21.0. The van der Waals surface area contributed by atoms with Crippen molar-refractivity contribution in [1.29, 1.82) is 0 Å². The van der Waals surface area contributed by atoms with E-state index in [1.54, 1.807) is 12.1 Å². The molecule has 0 radical (unpaired) electrons. The summed E-state index contributed by atoms with van der Waals surface area (Å²) >= 11 is 17.9. The van der Waals surface area contributed by atoms with Crippen molar-refractivity contribution < 1.29 is 22.7 Å². The number of amides is 1. The van der Waals surface area contributed by atoms with Gasteiger partial charge in [0.25, 0.3) is 5.91 Å². The van der Waals surface area contributed by atoms with E-state index >= 15 is 0 Å². The highest BCUT2D eigenvalue weighted by atomic mass is 35.5. The van der Waals surface area contributed by atoms with E-state index in [4.69, 9.17) is 44.3 Å². The molecular formula is C18H17Cl3N2O5S. The predicted octanol–water partition coefficient (Wildman–Crippen LogP) is 3.69. The van der Waals surface area contributed by atoms with Crippen molar-refractivity contribution in [2.24, 2.45) is 0 Å². The van der Waals surface area contributed by atoms with Gasteiger partial charge in [-0.3, -0.25) is 4.79 Å². The second-order valence-electron chi connectivity index (χ2n) is 6.07. The van der Waals surface area contributed by atoms with E-state index in [1.165, 1.54) is 28.6 Å². The van der Waals surface area contributed by atoms with Crippen molar-refractivity contribution in [2.75, 3.05) is 38.2 Å². The van der Waals surface area contributed by atoms with E-state index in [0.29, 0.717) is 24.0 Å². The number of nitrogens with zero attached hydrogens (tertiary/aromatic N) is 1. The number of morpholine rings is 1. The molecule has 0 spiro atoms. The van der Waals surface area contributed by atoms with Gasteiger partial charge < -0.3 is 14.8 Å². The Balaban J connectivity index is 1.69. The third-order valence-electron chi connectivity index (χ3n) is 4.06. The van der Waals surface area contributed by atoms with E-state index in [2.05, 4.69) is 5.32 Å². The van der Waals surface area contributed by atoms with Crippen molar-refractivity contribution in [3.05, 3.63) is 51.5 Å². The summed E-state index contributed by atoms with van der Waals surface area (Å²) in [7, 11) is -3.81. The highest BCUT2D eigenvalue weighted by Crippen LogP contribution is 2.29. The Morgan fingerprint density at radius 2 is 1.79 bits per heavy atom. The van der Waals surface area contributed by atoms with Crippen LogP contribution in [-0.4, -0.2) is 51.5 Å². The van der Waals surface area contributed by atoms with E-state index in [0.717, 1.165) is 0 Å². The van der Waals surface area contributed by atoms with Crippen molar-refractivity contribution in [1.82, 2.24) is 4.31 Å². The van der Waals surface area contributed by atoms with Crippen LogP contribution < -0.4 is 10.1 Å². The van der Waals surface area contributed by atoms with Gasteiger partial charge in [0.05, 0.1) is 23.3 Å². The zero-order valence-electron chi connectivity index (χ0n) is 15.0. The predicted molar refractivity (Wildman–Crippen MR) is 112 cm³/mol. The molecular weight excluding hydrogens is 463 g/mol. The minimum absolute atomic E-state index is 0.0682. The maximum atomic E-state index is 12.8. The van der Waals surface area contributed by atoms with Gasteiger partial charge in [-0.25, -0.2) is 8.42 Å². The molecule has 11 heteroatoms. The average Bonchev–Trinajstić information content (AvgIpc) is 2.69. The number of ether oxygens (including phenoxy) is 2. The summed E-state index contributed by atoms with van der Waals surface area (Å²) in [5.74, 6) is -0.189. The third kappa shape index (κ3) is 5.53. The topological polar surface area (TPSA) is 84.9 Å². The SMILES string of the molecule is O=C(COc1ccc(Cl)cc1Cl)Nc1ccc(Cl)c(S(=O)(=O)N2CCOCC2)c1. The Kier molecular flexibility index (Phi) is 7.26. The van der Waals surface area contributed by atoms with Crippen molar-refractivity contribution in [3.63, 3.8) is 0 Å². The van der Waals surface area contributed by atoms with Crippen LogP contribution in [-0.2, 0) is 19.6 Å². The fourth-order valence-corrected chi connectivity index (χ4v) is 5.01. The average molecular weight is 480 g/mol. The van der Waals surface area contributed by atoms with Crippen LogP contribution in [0, 0.1) is 0 Å². The maximum absolute atomic E-state index is 12.8. The normalized spacial score (nSPS) is 15.1. The lowest BCUT2D eigenvalue weighted by Gasteiger charge is -2.26. The lowest BCUT2D eigenvalue weighted by atomic mass is 10.3. The number of nitrogens with one attached hydrogen (secondary N) is 1. The van der Waals surface area contributed by atoms with Gasteiger partial charge >= 0.3 is 0 Å². The first-order valence-electron chi connectivity index (χ1n) is 8.52. The summed E-state index contributed by atoms with van der Waals surface area (Å²) in [6.07, 6.45) is 0. The minimum atomic E-state index is -3.81. The van der Waals surface area contributed by atoms with Crippen molar-refractivity contribution in [2.45, 2.75) is 4.90 Å². The van der Waals surface area contributed by atoms with Crippen LogP contribution in [0.15, 0.2) is 41.3 Å². The Hall–Kier alpha value is -1.55. The van der Waals surface area contributed by atoms with Gasteiger partial charge in [-0.05, 0) is 36.4 Å². The first-order valence-corrected chi connectivity index (χ1v) is 11.1. The molecule has 1 aliphatic rings. The molecule has 1 N–H and O–H groups in total. The molecule has 0 bridgehead atoms. The lowest BCUT2D eigenvalue weighted by molar-refractivity contribution is -0.118. The van der Waals surface area contributed by atoms with Crippen LogP contribution in [0.5, 0.6) is 5.75 Å². The minimum Gasteiger partial charge on any atom is -0.482 e. The fourth-order valence-electron chi connectivity index (χ4n) is 2.64. The molecule has 0 atom stereocenters. The molecule has 0 saturated carbocycles. The number of sulfonamides is 1. The van der Waals surface area contributed by atoms with E-state index in [1.807, 2.05) is 0 Å². The van der Waals surface area contributed by atoms with Crippen LogP contribution in [0.3, 0.4) is 0 Å². The van der Waals surface area contributed by atoms with Crippen LogP contribution in [0.1, 0.15) is 0 Å². The number of hydrogen-bond acceptors (Lipinski definition) is 5. The third-order valence-corrected chi connectivity index (χ3v) is 6.97. The quantitative estimate of drug-likeness (QED) is 0.683. The number of hydrogen-bond donors (Lipinski definition) is 1. The molecule has 0 aromatic heterocycles. The summed E-state index contributed by atoms with van der Waals surface area (Å²) in [5.41, 5.74) is 0.275. The molecule has 1 aliphatic heterocycles. The first-order chi connectivity index (χ1) is 13.8. The van der Waals surface area contributed by atoms with Gasteiger partial charge in [-0.2, -0.15) is 4.31 Å². The molecule has 29 heavy (non-hydrogen) atoms. The van der Waals surface area contributed by atoms with E-state index in [-0.39, 0.29) is 40.3 Å². The number of carbonyl (C=O) groups is 1. The van der Waals surface area contributed by atoms with Gasteiger partial charge in [0.1, 0.15) is 10.6 Å². The largest absolute Gasteiger partial charge is 0.482 e. The Morgan fingerprint density at radius 3 is 2.48 bits per heavy atom. The molecule has 0 unspecified atom stereocenters. The summed E-state index contributed by atoms with van der Waals surface area (Å²) in [4.78, 5) is 12.1. The standard InChI is InChI=1S/C18H17Cl3N2O5S/c19-12-1-4-16(15(21)9-12)28-11-18(24)22-13-2-3-14(20)17(10-13)29(25,26)23-5-7-27-8-6-23/h1-4,9-10H,5-8,11H2,(H,22,24). The molecule has 1 saturated heterocycles. The number of benzene rings is 2. The Bertz CT molecular complexity index is 1010. The summed E-state index contributed by atoms with van der Waals surface area (Å²) in [6, 6.07) is 8.88. The number of rotatable bonds is 6. The van der Waals surface area contributed by atoms with Gasteiger partial charge in [0.15, 0.2) is 6.61 Å². The smallest absolute Gasteiger partial charge is 0.262 e. The lowest BCUT2D eigenvalue weighted by Crippen LogP contribution is -2.40. The molecule has 0 aliphatic carbocycles. The molecule has 3 rings (SSSR count). The van der Waals surface area contributed by atoms with Crippen LogP contribution in [0.2, 0.25) is 15.1 Å². The maximum Gasteiger partial charge on any atom is 0.262 e. The van der Waals surface area contributed by atoms with Gasteiger partial charge in [-0.15, -0.1) is 0 Å². The summed E-state index contributed by atoms with van der Waals surface area (Å²) in [6.45, 7) is 0.793. The van der Waals surface area contributed by atoms with Crippen molar-refractivity contribution in [3.8, 4) is 5.75 Å². The number of carbonyl (C=O) groups excluding carboxylic acids is 1. The summed E-state index contributed by atoms with van der Waals surface area (Å²) < 4.78 is 37.6. The van der Waals surface area contributed by atoms with Gasteiger partial charge in [0, 0.05) is 23.8 Å². The molecule has 1 fully saturated rings. The van der Waals surface area contributed by atoms with Crippen LogP contribution in [0.25, 0.3) is 0 Å². The van der Waals surface area contributed by atoms with E-state index in [9.17, 15) is 13.2 Å². The zero-order valence-corrected chi connectivity index (χ0v) is 18.1. The number of halogens is 3. The van der Waals surface area contributed by atoms with E-state index < -0.39 is 15.9 Å². The Labute approximate surface area is 183 Å². The highest BCUT2D eigenvalue weighted by molar-refractivity contribution is 7.89. The molecule has 2 aromatic carbocycles. The van der Waals surface area contributed by atoms with Gasteiger partial charge in [-0.1, -0.05) is 34.8 Å². The summed E-state index contributed by atoms with van der Waals surface area (Å²) in [5, 5.41) is 3.37.